The maximum atomic E-state index is 14.8. The van der Waals surface area contributed by atoms with Gasteiger partial charge in [-0.2, -0.15) is 0 Å². The Bertz CT molecular complexity index is 1260. The van der Waals surface area contributed by atoms with E-state index in [2.05, 4.69) is 0 Å². The maximum Gasteiger partial charge on any atom is 0.300 e. The summed E-state index contributed by atoms with van der Waals surface area (Å²) in [4.78, 5) is 26.8. The van der Waals surface area contributed by atoms with Gasteiger partial charge in [0, 0.05) is 16.8 Å². The van der Waals surface area contributed by atoms with Gasteiger partial charge in [0.25, 0.3) is 11.7 Å². The molecule has 0 saturated carbocycles. The summed E-state index contributed by atoms with van der Waals surface area (Å²) < 4.78 is 28.6. The Labute approximate surface area is 185 Å². The number of carbonyl (C=O) groups is 2. The van der Waals surface area contributed by atoms with Crippen LogP contribution in [0.15, 0.2) is 72.3 Å². The van der Waals surface area contributed by atoms with Crippen molar-refractivity contribution in [2.45, 2.75) is 6.04 Å². The van der Waals surface area contributed by atoms with Crippen molar-refractivity contribution >= 4 is 46.3 Å². The van der Waals surface area contributed by atoms with E-state index in [1.165, 1.54) is 60.7 Å². The second-order valence-corrected chi connectivity index (χ2v) is 7.61. The van der Waals surface area contributed by atoms with Gasteiger partial charge < -0.3 is 5.11 Å². The van der Waals surface area contributed by atoms with Gasteiger partial charge in [-0.3, -0.25) is 14.5 Å². The monoisotopic (exact) mass is 459 g/mol. The molecule has 1 saturated heterocycles. The third-order valence-corrected chi connectivity index (χ3v) is 5.66. The van der Waals surface area contributed by atoms with Crippen molar-refractivity contribution in [3.63, 3.8) is 0 Å². The molecule has 0 spiro atoms. The number of carbonyl (C=O) groups excluding carboxylic acids is 2. The summed E-state index contributed by atoms with van der Waals surface area (Å²) >= 11 is 11.9. The predicted octanol–water partition coefficient (Wildman–Crippen LogP) is 5.90. The molecule has 1 aliphatic rings. The SMILES string of the molecule is O=C1C(=O)N(c2cccc(F)c2)C(c2ccccc2F)/C1=C(\O)c1ccc(Cl)c(Cl)c1. The number of hydrogen-bond donors (Lipinski definition) is 1. The zero-order valence-electron chi connectivity index (χ0n) is 15.7. The maximum absolute atomic E-state index is 14.8. The van der Waals surface area contributed by atoms with Crippen LogP contribution >= 0.6 is 23.2 Å². The van der Waals surface area contributed by atoms with Crippen molar-refractivity contribution in [2.24, 2.45) is 0 Å². The first kappa shape index (κ1) is 21.0. The largest absolute Gasteiger partial charge is 0.507 e. The highest BCUT2D eigenvalue weighted by atomic mass is 35.5. The van der Waals surface area contributed by atoms with E-state index in [0.29, 0.717) is 0 Å². The van der Waals surface area contributed by atoms with Gasteiger partial charge in [-0.25, -0.2) is 8.78 Å². The van der Waals surface area contributed by atoms with Crippen LogP contribution in [0.3, 0.4) is 0 Å². The molecule has 1 unspecified atom stereocenters. The van der Waals surface area contributed by atoms with Crippen LogP contribution in [-0.4, -0.2) is 16.8 Å². The van der Waals surface area contributed by atoms with Crippen LogP contribution in [-0.2, 0) is 9.59 Å². The summed E-state index contributed by atoms with van der Waals surface area (Å²) in [7, 11) is 0. The van der Waals surface area contributed by atoms with Gasteiger partial charge in [0.05, 0.1) is 21.7 Å². The first-order chi connectivity index (χ1) is 14.8. The fourth-order valence-electron chi connectivity index (χ4n) is 3.51. The Kier molecular flexibility index (Phi) is 5.52. The number of halogens is 4. The quantitative estimate of drug-likeness (QED) is 0.301. The molecule has 31 heavy (non-hydrogen) atoms. The number of rotatable bonds is 3. The molecule has 0 bridgehead atoms. The van der Waals surface area contributed by atoms with Crippen LogP contribution < -0.4 is 4.90 Å². The third-order valence-electron chi connectivity index (χ3n) is 4.92. The van der Waals surface area contributed by atoms with Crippen molar-refractivity contribution in [2.75, 3.05) is 4.90 Å². The Morgan fingerprint density at radius 3 is 2.32 bits per heavy atom. The number of anilines is 1. The number of aliphatic hydroxyl groups excluding tert-OH is 1. The molecular formula is C23H13Cl2F2NO3. The van der Waals surface area contributed by atoms with E-state index in [1.54, 1.807) is 0 Å². The van der Waals surface area contributed by atoms with Gasteiger partial charge in [-0.15, -0.1) is 0 Å². The van der Waals surface area contributed by atoms with E-state index in [0.717, 1.165) is 11.0 Å². The topological polar surface area (TPSA) is 57.6 Å². The van der Waals surface area contributed by atoms with Crippen LogP contribution in [0.1, 0.15) is 17.2 Å². The smallest absolute Gasteiger partial charge is 0.300 e. The van der Waals surface area contributed by atoms with E-state index in [4.69, 9.17) is 23.2 Å². The van der Waals surface area contributed by atoms with Gasteiger partial charge >= 0.3 is 0 Å². The summed E-state index contributed by atoms with van der Waals surface area (Å²) in [6.45, 7) is 0. The van der Waals surface area contributed by atoms with Crippen molar-refractivity contribution in [3.05, 3.63) is 105 Å². The Morgan fingerprint density at radius 2 is 1.65 bits per heavy atom. The highest BCUT2D eigenvalue weighted by Crippen LogP contribution is 2.43. The molecule has 0 aromatic heterocycles. The molecule has 8 heteroatoms. The van der Waals surface area contributed by atoms with E-state index in [-0.39, 0.29) is 32.4 Å². The number of benzene rings is 3. The highest BCUT2D eigenvalue weighted by Gasteiger charge is 2.47. The predicted molar refractivity (Wildman–Crippen MR) is 114 cm³/mol. The zero-order valence-corrected chi connectivity index (χ0v) is 17.2. The van der Waals surface area contributed by atoms with E-state index in [9.17, 15) is 23.5 Å². The third kappa shape index (κ3) is 3.69. The molecule has 156 valence electrons. The van der Waals surface area contributed by atoms with Crippen molar-refractivity contribution in [1.82, 2.24) is 0 Å². The molecule has 1 N–H and O–H groups in total. The standard InChI is InChI=1S/C23H13Cl2F2NO3/c24-16-9-8-12(10-17(16)25)21(29)19-20(15-6-1-2-7-18(15)27)28(23(31)22(19)30)14-5-3-4-13(26)11-14/h1-11,20,29H/b21-19+. The molecule has 1 amide bonds. The number of nitrogens with zero attached hydrogens (tertiary/aromatic N) is 1. The van der Waals surface area contributed by atoms with Gasteiger partial charge in [0.1, 0.15) is 17.4 Å². The Morgan fingerprint density at radius 1 is 0.903 bits per heavy atom. The number of amides is 1. The molecule has 4 nitrogen and oxygen atoms in total. The Hall–Kier alpha value is -3.22. The average Bonchev–Trinajstić information content (AvgIpc) is 3.00. The Balaban J connectivity index is 1.99. The average molecular weight is 460 g/mol. The first-order valence-electron chi connectivity index (χ1n) is 9.06. The summed E-state index contributed by atoms with van der Waals surface area (Å²) in [5, 5.41) is 11.3. The summed E-state index contributed by atoms with van der Waals surface area (Å²) in [5.41, 5.74) is -0.221. The van der Waals surface area contributed by atoms with Gasteiger partial charge in [0.2, 0.25) is 0 Å². The molecular weight excluding hydrogens is 447 g/mol. The summed E-state index contributed by atoms with van der Waals surface area (Å²) in [5.74, 6) is -3.96. The lowest BCUT2D eigenvalue weighted by atomic mass is 9.94. The first-order valence-corrected chi connectivity index (χ1v) is 9.81. The minimum atomic E-state index is -1.32. The van der Waals surface area contributed by atoms with Crippen LogP contribution in [0.25, 0.3) is 5.76 Å². The van der Waals surface area contributed by atoms with Crippen molar-refractivity contribution in [1.29, 1.82) is 0 Å². The molecule has 4 rings (SSSR count). The van der Waals surface area contributed by atoms with E-state index >= 15 is 0 Å². The number of Topliss-reactive ketones (excluding diaryl/α,β-unsaturated/α-hetero) is 1. The van der Waals surface area contributed by atoms with E-state index in [1.807, 2.05) is 0 Å². The molecule has 1 fully saturated rings. The fraction of sp³-hybridized carbons (Fsp3) is 0.0435. The molecule has 1 aliphatic heterocycles. The summed E-state index contributed by atoms with van der Waals surface area (Å²) in [6.07, 6.45) is 0. The molecule has 1 heterocycles. The van der Waals surface area contributed by atoms with Crippen LogP contribution in [0, 0.1) is 11.6 Å². The molecule has 3 aromatic rings. The zero-order chi connectivity index (χ0) is 22.3. The summed E-state index contributed by atoms with van der Waals surface area (Å²) in [6, 6.07) is 13.4. The molecule has 3 aromatic carbocycles. The normalized spacial score (nSPS) is 17.9. The van der Waals surface area contributed by atoms with Crippen molar-refractivity contribution < 1.29 is 23.5 Å². The lowest BCUT2D eigenvalue weighted by molar-refractivity contribution is -0.132. The minimum absolute atomic E-state index is 0.0347. The molecule has 1 atom stereocenters. The van der Waals surface area contributed by atoms with Crippen LogP contribution in [0.5, 0.6) is 0 Å². The van der Waals surface area contributed by atoms with Gasteiger partial charge in [-0.05, 0) is 42.5 Å². The fourth-order valence-corrected chi connectivity index (χ4v) is 3.81. The van der Waals surface area contributed by atoms with Crippen LogP contribution in [0.4, 0.5) is 14.5 Å². The second kappa shape index (κ2) is 8.13. The van der Waals surface area contributed by atoms with Gasteiger partial charge in [-0.1, -0.05) is 47.5 Å². The number of aliphatic hydroxyl groups is 1. The number of ketones is 1. The molecule has 0 radical (unpaired) electrons. The van der Waals surface area contributed by atoms with Crippen LogP contribution in [0.2, 0.25) is 10.0 Å². The minimum Gasteiger partial charge on any atom is -0.507 e. The van der Waals surface area contributed by atoms with E-state index < -0.39 is 35.1 Å². The highest BCUT2D eigenvalue weighted by molar-refractivity contribution is 6.51. The molecule has 0 aliphatic carbocycles. The lowest BCUT2D eigenvalue weighted by Gasteiger charge is -2.25. The van der Waals surface area contributed by atoms with Gasteiger partial charge in [0.15, 0.2) is 0 Å². The second-order valence-electron chi connectivity index (χ2n) is 6.80. The number of hydrogen-bond acceptors (Lipinski definition) is 3. The lowest BCUT2D eigenvalue weighted by Crippen LogP contribution is -2.30. The van der Waals surface area contributed by atoms with Crippen molar-refractivity contribution in [3.8, 4) is 0 Å².